The molecular weight excluding hydrogens is 501 g/mol. The number of alkyl halides is 3. The zero-order valence-corrected chi connectivity index (χ0v) is 20.1. The summed E-state index contributed by atoms with van der Waals surface area (Å²) in [5.41, 5.74) is -1.45. The van der Waals surface area contributed by atoms with Crippen LogP contribution in [0.4, 0.5) is 13.2 Å². The van der Waals surface area contributed by atoms with Crippen molar-refractivity contribution in [3.8, 4) is 22.6 Å². The molecule has 0 aliphatic carbocycles. The van der Waals surface area contributed by atoms with E-state index in [9.17, 15) is 21.6 Å². The fourth-order valence-corrected chi connectivity index (χ4v) is 4.89. The summed E-state index contributed by atoms with van der Waals surface area (Å²) in [6.07, 6.45) is 6.12. The second kappa shape index (κ2) is 8.94. The van der Waals surface area contributed by atoms with Gasteiger partial charge in [0, 0.05) is 46.0 Å². The Labute approximate surface area is 210 Å². The van der Waals surface area contributed by atoms with Crippen LogP contribution >= 0.6 is 0 Å². The second-order valence-electron chi connectivity index (χ2n) is 8.13. The summed E-state index contributed by atoms with van der Waals surface area (Å²) in [7, 11) is -5.93. The third-order valence-corrected chi connectivity index (χ3v) is 6.96. The number of halogens is 3. The van der Waals surface area contributed by atoms with Crippen LogP contribution < -0.4 is 4.18 Å². The first-order chi connectivity index (χ1) is 17.7. The molecule has 5 rings (SSSR count). The van der Waals surface area contributed by atoms with Crippen molar-refractivity contribution in [3.63, 3.8) is 0 Å². The molecule has 5 aromatic rings. The van der Waals surface area contributed by atoms with Crippen molar-refractivity contribution in [1.82, 2.24) is 9.55 Å². The number of hydrogen-bond donors (Lipinski definition) is 0. The zero-order chi connectivity index (χ0) is 26.4. The van der Waals surface area contributed by atoms with Crippen molar-refractivity contribution < 1.29 is 25.8 Å². The predicted molar refractivity (Wildman–Crippen MR) is 140 cm³/mol. The molecule has 0 atom stereocenters. The molecule has 2 aromatic heterocycles. The molecule has 0 amide bonds. The first-order valence-electron chi connectivity index (χ1n) is 11.0. The highest BCUT2D eigenvalue weighted by Gasteiger charge is 2.49. The first kappa shape index (κ1) is 24.3. The van der Waals surface area contributed by atoms with E-state index in [0.29, 0.717) is 16.5 Å². The van der Waals surface area contributed by atoms with Crippen LogP contribution in [0.25, 0.3) is 50.8 Å². The van der Waals surface area contributed by atoms with Crippen molar-refractivity contribution in [2.24, 2.45) is 0 Å². The lowest BCUT2D eigenvalue weighted by Crippen LogP contribution is -2.28. The van der Waals surface area contributed by atoms with Crippen LogP contribution in [0, 0.1) is 0 Å². The van der Waals surface area contributed by atoms with Crippen LogP contribution in [-0.2, 0) is 10.1 Å². The normalized spacial score (nSPS) is 12.1. The van der Waals surface area contributed by atoms with Crippen LogP contribution in [0.5, 0.6) is 5.75 Å². The molecular formula is C28H19F3N2O3S. The van der Waals surface area contributed by atoms with Gasteiger partial charge in [-0.05, 0) is 35.4 Å². The van der Waals surface area contributed by atoms with E-state index in [1.165, 1.54) is 18.2 Å². The van der Waals surface area contributed by atoms with Gasteiger partial charge in [-0.1, -0.05) is 61.7 Å². The van der Waals surface area contributed by atoms with Gasteiger partial charge < -0.3 is 8.75 Å². The Morgan fingerprint density at radius 2 is 1.59 bits per heavy atom. The minimum absolute atomic E-state index is 0.0822. The van der Waals surface area contributed by atoms with E-state index in [1.54, 1.807) is 12.4 Å². The lowest BCUT2D eigenvalue weighted by Gasteiger charge is -2.15. The fraction of sp³-hybridized carbons (Fsp3) is 0.0357. The van der Waals surface area contributed by atoms with E-state index in [-0.39, 0.29) is 5.56 Å². The molecule has 0 bridgehead atoms. The quantitative estimate of drug-likeness (QED) is 0.173. The third-order valence-electron chi connectivity index (χ3n) is 6.00. The first-order valence-corrected chi connectivity index (χ1v) is 12.4. The maximum absolute atomic E-state index is 13.2. The number of para-hydroxylation sites is 1. The summed E-state index contributed by atoms with van der Waals surface area (Å²) in [6.45, 7) is 7.52. The van der Waals surface area contributed by atoms with Gasteiger partial charge in [0.05, 0.1) is 11.0 Å². The minimum atomic E-state index is -5.93. The number of fused-ring (bicyclic) bond motifs is 3. The Morgan fingerprint density at radius 1 is 0.865 bits per heavy atom. The van der Waals surface area contributed by atoms with Gasteiger partial charge in [-0.2, -0.15) is 21.6 Å². The van der Waals surface area contributed by atoms with Gasteiger partial charge in [-0.15, -0.1) is 0 Å². The predicted octanol–water partition coefficient (Wildman–Crippen LogP) is 7.36. The van der Waals surface area contributed by atoms with Crippen molar-refractivity contribution in [1.29, 1.82) is 0 Å². The maximum Gasteiger partial charge on any atom is 0.534 e. The highest BCUT2D eigenvalue weighted by molar-refractivity contribution is 7.88. The summed E-state index contributed by atoms with van der Waals surface area (Å²) in [5, 5.41) is 1.45. The molecule has 186 valence electrons. The number of nitrogens with zero attached hydrogens (tertiary/aromatic N) is 2. The van der Waals surface area contributed by atoms with Gasteiger partial charge in [0.25, 0.3) is 0 Å². The number of aromatic nitrogens is 2. The van der Waals surface area contributed by atoms with E-state index in [1.807, 2.05) is 65.2 Å². The lowest BCUT2D eigenvalue weighted by atomic mass is 9.98. The summed E-state index contributed by atoms with van der Waals surface area (Å²) in [5.74, 6) is -0.498. The van der Waals surface area contributed by atoms with Gasteiger partial charge in [0.1, 0.15) is 0 Å². The number of pyridine rings is 1. The van der Waals surface area contributed by atoms with Crippen molar-refractivity contribution in [3.05, 3.63) is 103 Å². The molecule has 0 saturated heterocycles. The van der Waals surface area contributed by atoms with Gasteiger partial charge >= 0.3 is 15.6 Å². The Hall–Kier alpha value is -4.37. The van der Waals surface area contributed by atoms with E-state index in [4.69, 9.17) is 0 Å². The second-order valence-corrected chi connectivity index (χ2v) is 9.67. The molecule has 0 spiro atoms. The SMILES string of the molecule is C=Cc1c(OS(=O)(=O)C(F)(F)F)cc2c(c1C=C)c1ccc(-c3cccnc3)cc1n2-c1ccccc1. The molecule has 0 N–H and O–H groups in total. The smallest absolute Gasteiger partial charge is 0.375 e. The maximum atomic E-state index is 13.2. The summed E-state index contributed by atoms with van der Waals surface area (Å²) >= 11 is 0. The van der Waals surface area contributed by atoms with Gasteiger partial charge in [0.15, 0.2) is 5.75 Å². The minimum Gasteiger partial charge on any atom is -0.375 e. The largest absolute Gasteiger partial charge is 0.534 e. The Balaban J connectivity index is 1.92. The fourth-order valence-electron chi connectivity index (χ4n) is 4.42. The highest BCUT2D eigenvalue weighted by Crippen LogP contribution is 2.42. The van der Waals surface area contributed by atoms with Gasteiger partial charge in [0.2, 0.25) is 0 Å². The molecule has 0 aliphatic rings. The molecule has 37 heavy (non-hydrogen) atoms. The van der Waals surface area contributed by atoms with Crippen molar-refractivity contribution >= 4 is 44.1 Å². The Kier molecular flexibility index (Phi) is 5.88. The molecule has 3 aromatic carbocycles. The monoisotopic (exact) mass is 520 g/mol. The van der Waals surface area contributed by atoms with Crippen LogP contribution in [-0.4, -0.2) is 23.5 Å². The summed E-state index contributed by atoms with van der Waals surface area (Å²) in [4.78, 5) is 4.18. The van der Waals surface area contributed by atoms with E-state index in [0.717, 1.165) is 27.7 Å². The summed E-state index contributed by atoms with van der Waals surface area (Å²) in [6, 6.07) is 20.0. The number of hydrogen-bond acceptors (Lipinski definition) is 4. The topological polar surface area (TPSA) is 61.2 Å². The number of rotatable bonds is 6. The van der Waals surface area contributed by atoms with Gasteiger partial charge in [-0.3, -0.25) is 4.98 Å². The molecule has 0 aliphatic heterocycles. The third kappa shape index (κ3) is 4.07. The Bertz CT molecular complexity index is 1780. The zero-order valence-electron chi connectivity index (χ0n) is 19.2. The van der Waals surface area contributed by atoms with E-state index in [2.05, 4.69) is 22.3 Å². The number of benzene rings is 3. The average Bonchev–Trinajstić information content (AvgIpc) is 3.21. The molecule has 9 heteroatoms. The summed E-state index contributed by atoms with van der Waals surface area (Å²) < 4.78 is 69.9. The Morgan fingerprint density at radius 3 is 2.22 bits per heavy atom. The molecule has 5 nitrogen and oxygen atoms in total. The van der Waals surface area contributed by atoms with E-state index < -0.39 is 21.4 Å². The van der Waals surface area contributed by atoms with Crippen LogP contribution in [0.3, 0.4) is 0 Å². The average molecular weight is 521 g/mol. The van der Waals surface area contributed by atoms with Crippen LogP contribution in [0.15, 0.2) is 92.3 Å². The van der Waals surface area contributed by atoms with E-state index >= 15 is 0 Å². The lowest BCUT2D eigenvalue weighted by molar-refractivity contribution is -0.0500. The molecule has 0 saturated carbocycles. The molecule has 0 radical (unpaired) electrons. The highest BCUT2D eigenvalue weighted by atomic mass is 32.2. The molecule has 0 unspecified atom stereocenters. The van der Waals surface area contributed by atoms with Crippen molar-refractivity contribution in [2.75, 3.05) is 0 Å². The van der Waals surface area contributed by atoms with Crippen LogP contribution in [0.2, 0.25) is 0 Å². The molecule has 2 heterocycles. The molecule has 0 fully saturated rings. The van der Waals surface area contributed by atoms with Crippen LogP contribution in [0.1, 0.15) is 11.1 Å². The van der Waals surface area contributed by atoms with Gasteiger partial charge in [-0.25, -0.2) is 0 Å². The standard InChI is InChI=1S/C28H19F3N2O3S/c1-3-21-22(4-2)27-23-13-12-18(19-9-8-14-32-17-19)15-24(23)33(20-10-6-5-7-11-20)25(27)16-26(21)36-37(34,35)28(29,30)31/h3-17H,1-2H2. The van der Waals surface area contributed by atoms with Crippen molar-refractivity contribution in [2.45, 2.75) is 5.51 Å².